The van der Waals surface area contributed by atoms with Gasteiger partial charge in [0.15, 0.2) is 0 Å². The van der Waals surface area contributed by atoms with Crippen molar-refractivity contribution in [2.75, 3.05) is 23.7 Å². The molecule has 1 aliphatic heterocycles. The minimum Gasteiger partial charge on any atom is -0.356 e. The summed E-state index contributed by atoms with van der Waals surface area (Å²) in [6.07, 6.45) is 2.77. The van der Waals surface area contributed by atoms with Gasteiger partial charge in [-0.2, -0.15) is 0 Å². The van der Waals surface area contributed by atoms with Crippen LogP contribution >= 0.6 is 23.4 Å². The third-order valence-electron chi connectivity index (χ3n) is 3.55. The van der Waals surface area contributed by atoms with Crippen molar-refractivity contribution in [3.63, 3.8) is 0 Å². The Labute approximate surface area is 140 Å². The Kier molecular flexibility index (Phi) is 6.58. The summed E-state index contributed by atoms with van der Waals surface area (Å²) in [4.78, 5) is 25.2. The van der Waals surface area contributed by atoms with Crippen LogP contribution < -0.4 is 10.2 Å². The zero-order valence-electron chi connectivity index (χ0n) is 12.7. The van der Waals surface area contributed by atoms with Crippen molar-refractivity contribution in [3.05, 3.63) is 29.3 Å². The van der Waals surface area contributed by atoms with Crippen LogP contribution in [0.4, 0.5) is 5.69 Å². The minimum absolute atomic E-state index is 0.0105. The first-order valence-electron chi connectivity index (χ1n) is 7.51. The second kappa shape index (κ2) is 8.44. The summed E-state index contributed by atoms with van der Waals surface area (Å²) < 4.78 is 0. The number of benzene rings is 1. The molecular weight excluding hydrogens is 320 g/mol. The summed E-state index contributed by atoms with van der Waals surface area (Å²) in [6.45, 7) is 2.91. The number of nitrogens with zero attached hydrogens (tertiary/aromatic N) is 1. The number of para-hydroxylation sites is 1. The number of carbonyl (C=O) groups is 2. The van der Waals surface area contributed by atoms with E-state index < -0.39 is 0 Å². The Balaban J connectivity index is 1.88. The van der Waals surface area contributed by atoms with Gasteiger partial charge in [0.05, 0.1) is 16.0 Å². The topological polar surface area (TPSA) is 49.4 Å². The summed E-state index contributed by atoms with van der Waals surface area (Å²) in [5, 5.41) is 3.38. The summed E-state index contributed by atoms with van der Waals surface area (Å²) in [5.41, 5.74) is 0.803. The van der Waals surface area contributed by atoms with Crippen molar-refractivity contribution >= 4 is 40.9 Å². The normalized spacial score (nSPS) is 18.4. The van der Waals surface area contributed by atoms with Crippen LogP contribution in [0, 0.1) is 0 Å². The lowest BCUT2D eigenvalue weighted by atomic mass is 10.1. The second-order valence-electron chi connectivity index (χ2n) is 5.28. The minimum atomic E-state index is -0.0117. The molecule has 1 saturated heterocycles. The highest BCUT2D eigenvalue weighted by Gasteiger charge is 2.30. The van der Waals surface area contributed by atoms with Crippen LogP contribution in [0.5, 0.6) is 0 Å². The highest BCUT2D eigenvalue weighted by atomic mass is 35.5. The molecule has 1 aliphatic rings. The first-order chi connectivity index (χ1) is 10.6. The number of hydrogen-bond acceptors (Lipinski definition) is 3. The van der Waals surface area contributed by atoms with Gasteiger partial charge in [0.25, 0.3) is 0 Å². The van der Waals surface area contributed by atoms with E-state index in [0.29, 0.717) is 11.6 Å². The van der Waals surface area contributed by atoms with E-state index >= 15 is 0 Å². The molecule has 1 N–H and O–H groups in total. The second-order valence-corrected chi connectivity index (χ2v) is 7.00. The highest BCUT2D eigenvalue weighted by molar-refractivity contribution is 8.00. The molecule has 1 atom stereocenters. The van der Waals surface area contributed by atoms with Gasteiger partial charge in [-0.05, 0) is 37.1 Å². The lowest BCUT2D eigenvalue weighted by molar-refractivity contribution is -0.119. The van der Waals surface area contributed by atoms with Gasteiger partial charge in [-0.15, -0.1) is 11.8 Å². The number of rotatable bonds is 6. The Bertz CT molecular complexity index is 539. The van der Waals surface area contributed by atoms with Crippen molar-refractivity contribution in [1.82, 2.24) is 5.32 Å². The summed E-state index contributed by atoms with van der Waals surface area (Å²) in [5.74, 6) is 1.00. The molecule has 2 amide bonds. The SMILES string of the molecule is CC(=O)NCCCS[C@@H]1CCCN(c2ccccc2Cl)C1=O. The molecule has 0 aromatic heterocycles. The third-order valence-corrected chi connectivity index (χ3v) is 5.23. The number of carbonyl (C=O) groups excluding carboxylic acids is 2. The van der Waals surface area contributed by atoms with Crippen molar-refractivity contribution < 1.29 is 9.59 Å². The van der Waals surface area contributed by atoms with Gasteiger partial charge in [0.1, 0.15) is 0 Å². The van der Waals surface area contributed by atoms with E-state index in [1.54, 1.807) is 16.7 Å². The zero-order valence-corrected chi connectivity index (χ0v) is 14.3. The Morgan fingerprint density at radius 3 is 2.95 bits per heavy atom. The van der Waals surface area contributed by atoms with Crippen LogP contribution in [0.1, 0.15) is 26.2 Å². The number of piperidine rings is 1. The zero-order chi connectivity index (χ0) is 15.9. The number of nitrogens with one attached hydrogen (secondary N) is 1. The van der Waals surface area contributed by atoms with Gasteiger partial charge in [0.2, 0.25) is 11.8 Å². The third kappa shape index (κ3) is 4.65. The van der Waals surface area contributed by atoms with E-state index in [0.717, 1.165) is 37.2 Å². The molecule has 4 nitrogen and oxygen atoms in total. The van der Waals surface area contributed by atoms with Gasteiger partial charge in [-0.25, -0.2) is 0 Å². The maximum absolute atomic E-state index is 12.6. The highest BCUT2D eigenvalue weighted by Crippen LogP contribution is 2.32. The van der Waals surface area contributed by atoms with E-state index in [-0.39, 0.29) is 17.1 Å². The predicted octanol–water partition coefficient (Wildman–Crippen LogP) is 3.09. The fourth-order valence-corrected chi connectivity index (χ4v) is 3.91. The van der Waals surface area contributed by atoms with Crippen LogP contribution in [0.3, 0.4) is 0 Å². The largest absolute Gasteiger partial charge is 0.356 e. The van der Waals surface area contributed by atoms with Crippen molar-refractivity contribution in [3.8, 4) is 0 Å². The number of thioether (sulfide) groups is 1. The maximum atomic E-state index is 12.6. The molecule has 6 heteroatoms. The molecule has 0 saturated carbocycles. The predicted molar refractivity (Wildman–Crippen MR) is 92.6 cm³/mol. The fourth-order valence-electron chi connectivity index (χ4n) is 2.47. The standard InChI is InChI=1S/C16H21ClN2O2S/c1-12(20)18-9-5-11-22-15-8-4-10-19(16(15)21)14-7-3-2-6-13(14)17/h2-3,6-7,15H,4-5,8-11H2,1H3,(H,18,20)/t15-/m1/s1. The van der Waals surface area contributed by atoms with Crippen LogP contribution in [0.2, 0.25) is 5.02 Å². The molecule has 2 rings (SSSR count). The van der Waals surface area contributed by atoms with Crippen LogP contribution in [-0.2, 0) is 9.59 Å². The molecule has 0 unspecified atom stereocenters. The molecule has 1 fully saturated rings. The van der Waals surface area contributed by atoms with E-state index in [4.69, 9.17) is 11.6 Å². The van der Waals surface area contributed by atoms with Gasteiger partial charge in [0, 0.05) is 20.0 Å². The lowest BCUT2D eigenvalue weighted by Gasteiger charge is -2.32. The first-order valence-corrected chi connectivity index (χ1v) is 8.94. The molecule has 1 aromatic carbocycles. The Hall–Kier alpha value is -1.20. The van der Waals surface area contributed by atoms with E-state index in [1.807, 2.05) is 24.3 Å². The maximum Gasteiger partial charge on any atom is 0.240 e. The van der Waals surface area contributed by atoms with Crippen molar-refractivity contribution in [2.24, 2.45) is 0 Å². The Morgan fingerprint density at radius 1 is 1.45 bits per heavy atom. The summed E-state index contributed by atoms with van der Waals surface area (Å²) >= 11 is 7.88. The molecule has 120 valence electrons. The molecular formula is C16H21ClN2O2S. The number of anilines is 1. The van der Waals surface area contributed by atoms with E-state index in [9.17, 15) is 9.59 Å². The fraction of sp³-hybridized carbons (Fsp3) is 0.500. The molecule has 1 heterocycles. The average Bonchev–Trinajstić information content (AvgIpc) is 2.49. The number of amides is 2. The lowest BCUT2D eigenvalue weighted by Crippen LogP contribution is -2.43. The molecule has 0 spiro atoms. The first kappa shape index (κ1) is 17.2. The smallest absolute Gasteiger partial charge is 0.240 e. The number of halogens is 1. The summed E-state index contributed by atoms with van der Waals surface area (Å²) in [6, 6.07) is 7.48. The molecule has 0 radical (unpaired) electrons. The van der Waals surface area contributed by atoms with Crippen LogP contribution in [-0.4, -0.2) is 35.9 Å². The van der Waals surface area contributed by atoms with Crippen LogP contribution in [0.15, 0.2) is 24.3 Å². The molecule has 0 bridgehead atoms. The molecule has 22 heavy (non-hydrogen) atoms. The number of hydrogen-bond donors (Lipinski definition) is 1. The van der Waals surface area contributed by atoms with Crippen molar-refractivity contribution in [2.45, 2.75) is 31.4 Å². The average molecular weight is 341 g/mol. The van der Waals surface area contributed by atoms with Gasteiger partial charge in [-0.1, -0.05) is 23.7 Å². The van der Waals surface area contributed by atoms with E-state index in [1.165, 1.54) is 6.92 Å². The van der Waals surface area contributed by atoms with Gasteiger partial charge < -0.3 is 10.2 Å². The Morgan fingerprint density at radius 2 is 2.23 bits per heavy atom. The van der Waals surface area contributed by atoms with Gasteiger partial charge >= 0.3 is 0 Å². The molecule has 1 aromatic rings. The molecule has 0 aliphatic carbocycles. The summed E-state index contributed by atoms with van der Waals surface area (Å²) in [7, 11) is 0. The quantitative estimate of drug-likeness (QED) is 0.809. The van der Waals surface area contributed by atoms with E-state index in [2.05, 4.69) is 5.32 Å². The monoisotopic (exact) mass is 340 g/mol. The van der Waals surface area contributed by atoms with Gasteiger partial charge in [-0.3, -0.25) is 9.59 Å². The van der Waals surface area contributed by atoms with Crippen molar-refractivity contribution in [1.29, 1.82) is 0 Å². The van der Waals surface area contributed by atoms with Crippen LogP contribution in [0.25, 0.3) is 0 Å².